The molecule has 2 aromatic carbocycles. The highest BCUT2D eigenvalue weighted by Crippen LogP contribution is 2.28. The topological polar surface area (TPSA) is 55.1 Å². The Hall–Kier alpha value is -1.52. The number of halogens is 2. The van der Waals surface area contributed by atoms with Gasteiger partial charge in [-0.1, -0.05) is 29.8 Å². The van der Waals surface area contributed by atoms with Crippen LogP contribution in [0.15, 0.2) is 40.9 Å². The maximum atomic E-state index is 12.2. The Bertz CT molecular complexity index is 623. The molecule has 0 bridgehead atoms. The van der Waals surface area contributed by atoms with Gasteiger partial charge in [0.25, 0.3) is 5.91 Å². The first kappa shape index (κ1) is 13.9. The van der Waals surface area contributed by atoms with Crippen LogP contribution in [0, 0.1) is 6.92 Å². The van der Waals surface area contributed by atoms with Crippen molar-refractivity contribution in [2.45, 2.75) is 6.92 Å². The maximum absolute atomic E-state index is 12.2. The molecule has 0 saturated heterocycles. The molecule has 0 saturated carbocycles. The molecule has 3 N–H and O–H groups in total. The number of aryl methyl sites for hydroxylation is 1. The van der Waals surface area contributed by atoms with Gasteiger partial charge >= 0.3 is 0 Å². The van der Waals surface area contributed by atoms with Crippen molar-refractivity contribution in [3.05, 3.63) is 57.0 Å². The van der Waals surface area contributed by atoms with Gasteiger partial charge in [0, 0.05) is 5.69 Å². The van der Waals surface area contributed by atoms with Gasteiger partial charge in [0.1, 0.15) is 0 Å². The summed E-state index contributed by atoms with van der Waals surface area (Å²) in [7, 11) is 0. The lowest BCUT2D eigenvalue weighted by atomic mass is 10.1. The quantitative estimate of drug-likeness (QED) is 0.804. The smallest absolute Gasteiger partial charge is 0.256 e. The first-order chi connectivity index (χ1) is 9.00. The number of anilines is 2. The Balaban J connectivity index is 2.34. The lowest BCUT2D eigenvalue weighted by molar-refractivity contribution is 0.102. The fourth-order valence-corrected chi connectivity index (χ4v) is 2.41. The standard InChI is InChI=1S/C14H12BrClN2O/c1-8-4-2-6-10(16)13(8)18-14(19)9-5-3-7-11(17)12(9)15/h2-7H,17H2,1H3,(H,18,19). The zero-order valence-corrected chi connectivity index (χ0v) is 12.5. The average molecular weight is 340 g/mol. The molecular formula is C14H12BrClN2O. The molecule has 2 aromatic rings. The number of carbonyl (C=O) groups excluding carboxylic acids is 1. The number of rotatable bonds is 2. The molecule has 98 valence electrons. The molecule has 0 aromatic heterocycles. The molecule has 0 radical (unpaired) electrons. The van der Waals surface area contributed by atoms with Gasteiger partial charge in [0.15, 0.2) is 0 Å². The largest absolute Gasteiger partial charge is 0.398 e. The van der Waals surface area contributed by atoms with E-state index in [4.69, 9.17) is 17.3 Å². The van der Waals surface area contributed by atoms with Gasteiger partial charge in [-0.3, -0.25) is 4.79 Å². The van der Waals surface area contributed by atoms with Crippen molar-refractivity contribution in [3.63, 3.8) is 0 Å². The van der Waals surface area contributed by atoms with Gasteiger partial charge in [0.2, 0.25) is 0 Å². The predicted octanol–water partition coefficient (Wildman–Crippen LogP) is 4.25. The lowest BCUT2D eigenvalue weighted by Gasteiger charge is -2.11. The van der Waals surface area contributed by atoms with Crippen LogP contribution in [-0.2, 0) is 0 Å². The van der Waals surface area contributed by atoms with Crippen LogP contribution in [0.5, 0.6) is 0 Å². The van der Waals surface area contributed by atoms with Crippen LogP contribution in [0.3, 0.4) is 0 Å². The SMILES string of the molecule is Cc1cccc(Cl)c1NC(=O)c1cccc(N)c1Br. The summed E-state index contributed by atoms with van der Waals surface area (Å²) in [6.45, 7) is 1.88. The Morgan fingerprint density at radius 1 is 1.26 bits per heavy atom. The van der Waals surface area contributed by atoms with Crippen molar-refractivity contribution in [2.75, 3.05) is 11.1 Å². The highest BCUT2D eigenvalue weighted by molar-refractivity contribution is 9.10. The van der Waals surface area contributed by atoms with Crippen molar-refractivity contribution >= 4 is 44.8 Å². The molecule has 0 atom stereocenters. The first-order valence-corrected chi connectivity index (χ1v) is 6.78. The second kappa shape index (κ2) is 5.63. The molecule has 2 rings (SSSR count). The van der Waals surface area contributed by atoms with Gasteiger partial charge in [-0.05, 0) is 46.6 Å². The molecule has 0 spiro atoms. The Morgan fingerprint density at radius 3 is 2.63 bits per heavy atom. The van der Waals surface area contributed by atoms with E-state index in [1.54, 1.807) is 24.3 Å². The Morgan fingerprint density at radius 2 is 1.95 bits per heavy atom. The van der Waals surface area contributed by atoms with Crippen LogP contribution in [0.2, 0.25) is 5.02 Å². The summed E-state index contributed by atoms with van der Waals surface area (Å²) >= 11 is 9.39. The number of benzene rings is 2. The summed E-state index contributed by atoms with van der Waals surface area (Å²) in [6, 6.07) is 10.6. The summed E-state index contributed by atoms with van der Waals surface area (Å²) in [5.41, 5.74) is 8.27. The van der Waals surface area contributed by atoms with Crippen LogP contribution in [-0.4, -0.2) is 5.91 Å². The van der Waals surface area contributed by atoms with Crippen LogP contribution in [0.4, 0.5) is 11.4 Å². The van der Waals surface area contributed by atoms with E-state index < -0.39 is 0 Å². The van der Waals surface area contributed by atoms with Gasteiger partial charge in [-0.2, -0.15) is 0 Å². The first-order valence-electron chi connectivity index (χ1n) is 5.61. The van der Waals surface area contributed by atoms with Crippen molar-refractivity contribution in [2.24, 2.45) is 0 Å². The summed E-state index contributed by atoms with van der Waals surface area (Å²) in [5, 5.41) is 3.31. The van der Waals surface area contributed by atoms with E-state index >= 15 is 0 Å². The number of hydrogen-bond acceptors (Lipinski definition) is 2. The molecule has 0 aliphatic heterocycles. The van der Waals surface area contributed by atoms with Crippen molar-refractivity contribution in [1.82, 2.24) is 0 Å². The van der Waals surface area contributed by atoms with E-state index in [0.717, 1.165) is 5.56 Å². The molecule has 3 nitrogen and oxygen atoms in total. The number of carbonyl (C=O) groups is 1. The zero-order valence-electron chi connectivity index (χ0n) is 10.2. The summed E-state index contributed by atoms with van der Waals surface area (Å²) < 4.78 is 0.581. The van der Waals surface area contributed by atoms with Crippen LogP contribution in [0.25, 0.3) is 0 Å². The molecule has 0 aliphatic rings. The zero-order chi connectivity index (χ0) is 14.0. The Kier molecular flexibility index (Phi) is 4.12. The fourth-order valence-electron chi connectivity index (χ4n) is 1.70. The molecule has 0 aliphatic carbocycles. The van der Waals surface area contributed by atoms with E-state index in [1.165, 1.54) is 0 Å². The number of nitrogens with one attached hydrogen (secondary N) is 1. The minimum absolute atomic E-state index is 0.254. The number of amides is 1. The number of hydrogen-bond donors (Lipinski definition) is 2. The second-order valence-electron chi connectivity index (χ2n) is 4.09. The fraction of sp³-hybridized carbons (Fsp3) is 0.0714. The minimum atomic E-state index is -0.254. The minimum Gasteiger partial charge on any atom is -0.398 e. The van der Waals surface area contributed by atoms with Crippen molar-refractivity contribution in [1.29, 1.82) is 0 Å². The summed E-state index contributed by atoms with van der Waals surface area (Å²) in [6.07, 6.45) is 0. The third-order valence-corrected chi connectivity index (χ3v) is 3.93. The van der Waals surface area contributed by atoms with E-state index in [1.807, 2.05) is 19.1 Å². The number of para-hydroxylation sites is 1. The van der Waals surface area contributed by atoms with Gasteiger partial charge in [-0.25, -0.2) is 0 Å². The van der Waals surface area contributed by atoms with Crippen LogP contribution in [0.1, 0.15) is 15.9 Å². The predicted molar refractivity (Wildman–Crippen MR) is 82.7 cm³/mol. The molecule has 1 amide bonds. The molecule has 0 heterocycles. The molecule has 19 heavy (non-hydrogen) atoms. The van der Waals surface area contributed by atoms with E-state index in [0.29, 0.717) is 26.4 Å². The van der Waals surface area contributed by atoms with E-state index in [2.05, 4.69) is 21.2 Å². The monoisotopic (exact) mass is 338 g/mol. The maximum Gasteiger partial charge on any atom is 0.256 e. The molecule has 0 fully saturated rings. The molecule has 5 heteroatoms. The van der Waals surface area contributed by atoms with E-state index in [-0.39, 0.29) is 5.91 Å². The third-order valence-electron chi connectivity index (χ3n) is 2.73. The average Bonchev–Trinajstić information content (AvgIpc) is 2.37. The molecule has 0 unspecified atom stereocenters. The lowest BCUT2D eigenvalue weighted by Crippen LogP contribution is -2.14. The highest BCUT2D eigenvalue weighted by Gasteiger charge is 2.14. The second-order valence-corrected chi connectivity index (χ2v) is 5.29. The van der Waals surface area contributed by atoms with Crippen molar-refractivity contribution in [3.8, 4) is 0 Å². The van der Waals surface area contributed by atoms with Crippen LogP contribution < -0.4 is 11.1 Å². The Labute approximate surface area is 124 Å². The van der Waals surface area contributed by atoms with Gasteiger partial charge < -0.3 is 11.1 Å². The number of nitrogen functional groups attached to an aromatic ring is 1. The summed E-state index contributed by atoms with van der Waals surface area (Å²) in [4.78, 5) is 12.2. The summed E-state index contributed by atoms with van der Waals surface area (Å²) in [5.74, 6) is -0.254. The van der Waals surface area contributed by atoms with Crippen LogP contribution >= 0.6 is 27.5 Å². The van der Waals surface area contributed by atoms with Crippen molar-refractivity contribution < 1.29 is 4.79 Å². The number of nitrogens with two attached hydrogens (primary N) is 1. The third kappa shape index (κ3) is 2.91. The van der Waals surface area contributed by atoms with Gasteiger partial charge in [0.05, 0.1) is 20.7 Å². The molecular weight excluding hydrogens is 328 g/mol. The normalized spacial score (nSPS) is 10.3. The van der Waals surface area contributed by atoms with E-state index in [9.17, 15) is 4.79 Å². The highest BCUT2D eigenvalue weighted by atomic mass is 79.9. The van der Waals surface area contributed by atoms with Gasteiger partial charge in [-0.15, -0.1) is 0 Å².